The molecule has 3 aliphatic rings. The van der Waals surface area contributed by atoms with Crippen LogP contribution in [0.3, 0.4) is 0 Å². The summed E-state index contributed by atoms with van der Waals surface area (Å²) >= 11 is 0. The Morgan fingerprint density at radius 1 is 0.903 bits per heavy atom. The molecule has 1 aromatic rings. The molecule has 3 saturated heterocycles. The summed E-state index contributed by atoms with van der Waals surface area (Å²) in [7, 11) is 0. The van der Waals surface area contributed by atoms with E-state index in [4.69, 9.17) is 0 Å². The fourth-order valence-corrected chi connectivity index (χ4v) is 5.36. The highest BCUT2D eigenvalue weighted by Crippen LogP contribution is 2.27. The van der Waals surface area contributed by atoms with Gasteiger partial charge in [-0.15, -0.1) is 0 Å². The molecule has 1 atom stereocenters. The lowest BCUT2D eigenvalue weighted by molar-refractivity contribution is -0.132. The van der Waals surface area contributed by atoms with Crippen molar-refractivity contribution in [3.63, 3.8) is 0 Å². The molecule has 4 rings (SSSR count). The average Bonchev–Trinajstić information content (AvgIpc) is 2.84. The molecule has 0 radical (unpaired) electrons. The lowest BCUT2D eigenvalue weighted by Gasteiger charge is -2.35. The summed E-state index contributed by atoms with van der Waals surface area (Å²) in [6.45, 7) is 7.68. The van der Waals surface area contributed by atoms with Gasteiger partial charge in [-0.05, 0) is 70.5 Å². The number of pyridine rings is 1. The normalized spacial score (nSPS) is 23.7. The maximum atomic E-state index is 12.7. The van der Waals surface area contributed by atoms with E-state index in [-0.39, 0.29) is 5.91 Å². The van der Waals surface area contributed by atoms with Gasteiger partial charge in [-0.25, -0.2) is 0 Å². The lowest BCUT2D eigenvalue weighted by Crippen LogP contribution is -2.42. The van der Waals surface area contributed by atoms with Crippen LogP contribution in [0, 0.1) is 0 Å². The van der Waals surface area contributed by atoms with Crippen LogP contribution < -0.4 is 0 Å². The van der Waals surface area contributed by atoms with Crippen molar-refractivity contribution in [3.8, 4) is 0 Å². The quantitative estimate of drug-likeness (QED) is 0.721. The summed E-state index contributed by atoms with van der Waals surface area (Å²) in [5.41, 5.74) is 1.76. The molecule has 0 aliphatic carbocycles. The molecule has 6 heteroatoms. The lowest BCUT2D eigenvalue weighted by atomic mass is 9.92. The van der Waals surface area contributed by atoms with Crippen LogP contribution in [0.25, 0.3) is 0 Å². The predicted molar refractivity (Wildman–Crippen MR) is 122 cm³/mol. The van der Waals surface area contributed by atoms with Crippen molar-refractivity contribution in [2.75, 3.05) is 39.3 Å². The second-order valence-corrected chi connectivity index (χ2v) is 9.61. The van der Waals surface area contributed by atoms with Crippen LogP contribution in [0.1, 0.15) is 86.7 Å². The number of carbonyl (C=O) groups is 2. The van der Waals surface area contributed by atoms with Crippen LogP contribution in [0.5, 0.6) is 0 Å². The number of amides is 2. The highest BCUT2D eigenvalue weighted by atomic mass is 16.2. The topological polar surface area (TPSA) is 56.8 Å². The summed E-state index contributed by atoms with van der Waals surface area (Å²) in [6, 6.07) is 4.58. The van der Waals surface area contributed by atoms with Crippen LogP contribution in [0.15, 0.2) is 18.3 Å². The molecule has 3 fully saturated rings. The summed E-state index contributed by atoms with van der Waals surface area (Å²) in [6.07, 6.45) is 11.6. The fourth-order valence-electron chi connectivity index (χ4n) is 5.36. The van der Waals surface area contributed by atoms with E-state index in [1.807, 2.05) is 21.9 Å². The van der Waals surface area contributed by atoms with E-state index >= 15 is 0 Å². The van der Waals surface area contributed by atoms with Crippen LogP contribution in [-0.4, -0.2) is 76.8 Å². The van der Waals surface area contributed by atoms with Crippen LogP contribution in [0.4, 0.5) is 0 Å². The second kappa shape index (κ2) is 10.6. The van der Waals surface area contributed by atoms with Crippen LogP contribution >= 0.6 is 0 Å². The molecule has 0 aromatic carbocycles. The number of hydrogen-bond acceptors (Lipinski definition) is 4. The van der Waals surface area contributed by atoms with E-state index in [1.54, 1.807) is 6.20 Å². The second-order valence-electron chi connectivity index (χ2n) is 9.61. The van der Waals surface area contributed by atoms with Crippen molar-refractivity contribution in [2.24, 2.45) is 0 Å². The van der Waals surface area contributed by atoms with Gasteiger partial charge in [-0.3, -0.25) is 14.6 Å². The van der Waals surface area contributed by atoms with Gasteiger partial charge >= 0.3 is 0 Å². The Kier molecular flexibility index (Phi) is 7.59. The Morgan fingerprint density at radius 3 is 2.32 bits per heavy atom. The van der Waals surface area contributed by atoms with E-state index < -0.39 is 0 Å². The molecule has 0 spiro atoms. The number of carbonyl (C=O) groups excluding carboxylic acids is 2. The zero-order valence-corrected chi connectivity index (χ0v) is 19.1. The van der Waals surface area contributed by atoms with Crippen molar-refractivity contribution < 1.29 is 9.59 Å². The van der Waals surface area contributed by atoms with Gasteiger partial charge in [-0.2, -0.15) is 0 Å². The van der Waals surface area contributed by atoms with E-state index in [9.17, 15) is 9.59 Å². The van der Waals surface area contributed by atoms with Gasteiger partial charge in [0.15, 0.2) is 0 Å². The van der Waals surface area contributed by atoms with Gasteiger partial charge in [0.05, 0.1) is 5.56 Å². The van der Waals surface area contributed by atoms with Gasteiger partial charge in [0.25, 0.3) is 5.91 Å². The number of rotatable bonds is 5. The number of nitrogens with zero attached hydrogens (tertiary/aromatic N) is 4. The molecule has 1 unspecified atom stereocenters. The third kappa shape index (κ3) is 5.65. The molecular weight excluding hydrogens is 388 g/mol. The number of likely N-dealkylation sites (tertiary alicyclic amines) is 3. The van der Waals surface area contributed by atoms with E-state index in [0.29, 0.717) is 29.9 Å². The van der Waals surface area contributed by atoms with Crippen molar-refractivity contribution in [1.82, 2.24) is 19.7 Å². The Balaban J connectivity index is 1.23. The molecule has 6 nitrogen and oxygen atoms in total. The molecule has 4 heterocycles. The summed E-state index contributed by atoms with van der Waals surface area (Å²) in [4.78, 5) is 36.4. The van der Waals surface area contributed by atoms with E-state index in [0.717, 1.165) is 70.6 Å². The van der Waals surface area contributed by atoms with Gasteiger partial charge < -0.3 is 14.7 Å². The van der Waals surface area contributed by atoms with Crippen molar-refractivity contribution >= 4 is 11.8 Å². The maximum absolute atomic E-state index is 12.7. The van der Waals surface area contributed by atoms with E-state index in [1.165, 1.54) is 25.7 Å². The minimum Gasteiger partial charge on any atom is -0.343 e. The average molecular weight is 427 g/mol. The third-order valence-corrected chi connectivity index (χ3v) is 7.50. The molecule has 170 valence electrons. The summed E-state index contributed by atoms with van der Waals surface area (Å²) in [5.74, 6) is 0.791. The molecule has 1 aromatic heterocycles. The van der Waals surface area contributed by atoms with Gasteiger partial charge in [0.2, 0.25) is 5.91 Å². The number of piperidine rings is 3. The minimum absolute atomic E-state index is 0.113. The minimum atomic E-state index is 0.113. The number of hydrogen-bond donors (Lipinski definition) is 0. The molecule has 0 bridgehead atoms. The van der Waals surface area contributed by atoms with Gasteiger partial charge in [0, 0.05) is 63.0 Å². The zero-order chi connectivity index (χ0) is 21.6. The fraction of sp³-hybridized carbons (Fsp3) is 0.720. The molecular formula is C25H38N4O2. The first-order valence-electron chi connectivity index (χ1n) is 12.4. The van der Waals surface area contributed by atoms with Crippen molar-refractivity contribution in [1.29, 1.82) is 0 Å². The highest BCUT2D eigenvalue weighted by Gasteiger charge is 2.26. The summed E-state index contributed by atoms with van der Waals surface area (Å²) in [5, 5.41) is 0. The molecule has 2 amide bonds. The standard InChI is InChI=1S/C25H38N4O2/c1-20-7-3-6-13-27(20)18-12-24(30)28-16-10-21(11-17-28)23-9-8-22(19-26-23)25(31)29-14-4-2-5-15-29/h8-9,19-21H,2-7,10-18H2,1H3. The van der Waals surface area contributed by atoms with Gasteiger partial charge in [-0.1, -0.05) is 6.42 Å². The van der Waals surface area contributed by atoms with Crippen molar-refractivity contribution in [3.05, 3.63) is 29.6 Å². The monoisotopic (exact) mass is 426 g/mol. The van der Waals surface area contributed by atoms with Crippen LogP contribution in [0.2, 0.25) is 0 Å². The van der Waals surface area contributed by atoms with E-state index in [2.05, 4.69) is 16.8 Å². The molecule has 31 heavy (non-hydrogen) atoms. The molecule has 3 aliphatic heterocycles. The Bertz CT molecular complexity index is 736. The Hall–Kier alpha value is -1.95. The first kappa shape index (κ1) is 22.3. The predicted octanol–water partition coefficient (Wildman–Crippen LogP) is 3.68. The smallest absolute Gasteiger partial charge is 0.255 e. The first-order chi connectivity index (χ1) is 15.1. The van der Waals surface area contributed by atoms with Crippen molar-refractivity contribution in [2.45, 2.75) is 76.7 Å². The number of aromatic nitrogens is 1. The maximum Gasteiger partial charge on any atom is 0.255 e. The third-order valence-electron chi connectivity index (χ3n) is 7.50. The molecule has 0 saturated carbocycles. The zero-order valence-electron chi connectivity index (χ0n) is 19.1. The summed E-state index contributed by atoms with van der Waals surface area (Å²) < 4.78 is 0. The Morgan fingerprint density at radius 2 is 1.65 bits per heavy atom. The van der Waals surface area contributed by atoms with Gasteiger partial charge in [0.1, 0.15) is 0 Å². The highest BCUT2D eigenvalue weighted by molar-refractivity contribution is 5.94. The Labute approximate surface area is 187 Å². The first-order valence-corrected chi connectivity index (χ1v) is 12.4. The largest absolute Gasteiger partial charge is 0.343 e. The molecule has 0 N–H and O–H groups in total. The SMILES string of the molecule is CC1CCCCN1CCC(=O)N1CCC(c2ccc(C(=O)N3CCCCC3)cn2)CC1. The van der Waals surface area contributed by atoms with Crippen LogP contribution in [-0.2, 0) is 4.79 Å².